The number of hydrogen-bond acceptors (Lipinski definition) is 4. The van der Waals surface area contributed by atoms with Gasteiger partial charge in [-0.3, -0.25) is 4.98 Å². The van der Waals surface area contributed by atoms with E-state index < -0.39 is 5.76 Å². The monoisotopic (exact) mass is 287 g/mol. The molecule has 1 atom stereocenters. The number of hydrogen-bond donors (Lipinski definition) is 2. The van der Waals surface area contributed by atoms with E-state index in [1.807, 2.05) is 18.2 Å². The van der Waals surface area contributed by atoms with Gasteiger partial charge in [0.05, 0.1) is 11.2 Å². The number of piperazine rings is 1. The summed E-state index contributed by atoms with van der Waals surface area (Å²) >= 11 is 0. The number of rotatable bonds is 1. The fourth-order valence-electron chi connectivity index (χ4n) is 2.38. The Morgan fingerprint density at radius 3 is 2.95 bits per heavy atom. The van der Waals surface area contributed by atoms with Gasteiger partial charge >= 0.3 is 5.76 Å². The number of oxazole rings is 1. The molecule has 0 bridgehead atoms. The highest BCUT2D eigenvalue weighted by atomic mass is 35.5. The fourth-order valence-corrected chi connectivity index (χ4v) is 2.38. The Kier molecular flexibility index (Phi) is 4.99. The van der Waals surface area contributed by atoms with E-state index in [2.05, 4.69) is 22.1 Å². The van der Waals surface area contributed by atoms with Crippen molar-refractivity contribution in [1.29, 1.82) is 0 Å². The van der Waals surface area contributed by atoms with Crippen molar-refractivity contribution in [2.24, 2.45) is 0 Å². The normalized spacial score (nSPS) is 18.8. The molecule has 1 saturated heterocycles. The molecule has 1 aliphatic rings. The number of benzene rings is 1. The second kappa shape index (κ2) is 6.10. The lowest BCUT2D eigenvalue weighted by Gasteiger charge is -2.35. The molecule has 7 heteroatoms. The zero-order chi connectivity index (χ0) is 11.8. The Bertz CT molecular complexity index is 595. The van der Waals surface area contributed by atoms with E-state index in [1.165, 1.54) is 0 Å². The van der Waals surface area contributed by atoms with Crippen molar-refractivity contribution in [3.8, 4) is 0 Å². The van der Waals surface area contributed by atoms with Gasteiger partial charge in [0, 0.05) is 25.7 Å². The lowest BCUT2D eigenvalue weighted by molar-refractivity contribution is 0.496. The first-order valence-corrected chi connectivity index (χ1v) is 5.85. The maximum atomic E-state index is 11.3. The molecule has 0 amide bonds. The summed E-state index contributed by atoms with van der Waals surface area (Å²) in [7, 11) is 0. The summed E-state index contributed by atoms with van der Waals surface area (Å²) < 4.78 is 5.23. The second-order valence-corrected chi connectivity index (χ2v) is 4.41. The number of aromatic nitrogens is 1. The Morgan fingerprint density at radius 1 is 1.42 bits per heavy atom. The summed E-state index contributed by atoms with van der Waals surface area (Å²) in [6.07, 6.45) is 0. The van der Waals surface area contributed by atoms with Gasteiger partial charge in [-0.15, -0.1) is 12.4 Å². The van der Waals surface area contributed by atoms with Crippen LogP contribution in [-0.4, -0.2) is 36.1 Å². The molecule has 1 unspecified atom stereocenters. The lowest BCUT2D eigenvalue weighted by Crippen LogP contribution is -2.49. The van der Waals surface area contributed by atoms with Crippen LogP contribution < -0.4 is 16.0 Å². The van der Waals surface area contributed by atoms with Crippen molar-refractivity contribution in [3.05, 3.63) is 28.7 Å². The SMILES string of the molecule is CC1CNCCN1c1cccc2[nH]c(=O)oc12.Cl.O. The first-order valence-electron chi connectivity index (χ1n) is 5.85. The van der Waals surface area contributed by atoms with Gasteiger partial charge in [0.15, 0.2) is 5.58 Å². The smallest absolute Gasteiger partial charge is 0.412 e. The zero-order valence-electron chi connectivity index (χ0n) is 10.6. The highest BCUT2D eigenvalue weighted by Crippen LogP contribution is 2.26. The molecule has 0 spiro atoms. The van der Waals surface area contributed by atoms with Gasteiger partial charge in [0.1, 0.15) is 0 Å². The Labute approximate surface area is 116 Å². The van der Waals surface area contributed by atoms with Gasteiger partial charge in [-0.1, -0.05) is 6.07 Å². The van der Waals surface area contributed by atoms with Gasteiger partial charge in [-0.05, 0) is 19.1 Å². The molecule has 19 heavy (non-hydrogen) atoms. The number of nitrogens with one attached hydrogen (secondary N) is 2. The van der Waals surface area contributed by atoms with E-state index in [0.717, 1.165) is 30.8 Å². The van der Waals surface area contributed by atoms with Crippen LogP contribution in [0.4, 0.5) is 5.69 Å². The van der Waals surface area contributed by atoms with Crippen molar-refractivity contribution < 1.29 is 9.89 Å². The molecule has 1 aliphatic heterocycles. The predicted octanol–water partition coefficient (Wildman–Crippen LogP) is 0.516. The minimum atomic E-state index is -0.393. The van der Waals surface area contributed by atoms with Crippen molar-refractivity contribution in [2.75, 3.05) is 24.5 Å². The van der Waals surface area contributed by atoms with Gasteiger partial charge in [-0.2, -0.15) is 0 Å². The molecule has 3 rings (SSSR count). The van der Waals surface area contributed by atoms with Crippen LogP contribution >= 0.6 is 12.4 Å². The molecule has 1 aromatic heterocycles. The van der Waals surface area contributed by atoms with Gasteiger partial charge in [0.25, 0.3) is 0 Å². The van der Waals surface area contributed by atoms with E-state index in [0.29, 0.717) is 11.6 Å². The molecule has 0 saturated carbocycles. The summed E-state index contributed by atoms with van der Waals surface area (Å²) in [5, 5.41) is 3.35. The third-order valence-corrected chi connectivity index (χ3v) is 3.24. The highest BCUT2D eigenvalue weighted by molar-refractivity contribution is 5.86. The average Bonchev–Trinajstić information content (AvgIpc) is 2.70. The summed E-state index contributed by atoms with van der Waals surface area (Å²) in [6.45, 7) is 4.99. The van der Waals surface area contributed by atoms with E-state index in [-0.39, 0.29) is 17.9 Å². The van der Waals surface area contributed by atoms with E-state index in [1.54, 1.807) is 0 Å². The molecule has 6 nitrogen and oxygen atoms in total. The van der Waals surface area contributed by atoms with Crippen molar-refractivity contribution in [1.82, 2.24) is 10.3 Å². The molecule has 0 aliphatic carbocycles. The maximum Gasteiger partial charge on any atom is 0.417 e. The zero-order valence-corrected chi connectivity index (χ0v) is 11.4. The largest absolute Gasteiger partial charge is 0.417 e. The third-order valence-electron chi connectivity index (χ3n) is 3.24. The van der Waals surface area contributed by atoms with Crippen LogP contribution in [0.2, 0.25) is 0 Å². The van der Waals surface area contributed by atoms with Crippen LogP contribution in [0, 0.1) is 0 Å². The minimum absolute atomic E-state index is 0. The fraction of sp³-hybridized carbons (Fsp3) is 0.417. The highest BCUT2D eigenvalue weighted by Gasteiger charge is 2.21. The van der Waals surface area contributed by atoms with Crippen LogP contribution in [0.1, 0.15) is 6.92 Å². The molecule has 2 heterocycles. The van der Waals surface area contributed by atoms with Gasteiger partial charge < -0.3 is 20.1 Å². The van der Waals surface area contributed by atoms with Crippen LogP contribution in [0.15, 0.2) is 27.4 Å². The Balaban J connectivity index is 0.000000902. The predicted molar refractivity (Wildman–Crippen MR) is 77.4 cm³/mol. The first kappa shape index (κ1) is 15.6. The lowest BCUT2D eigenvalue weighted by atomic mass is 10.1. The van der Waals surface area contributed by atoms with Crippen molar-refractivity contribution >= 4 is 29.2 Å². The van der Waals surface area contributed by atoms with Crippen LogP contribution in [0.3, 0.4) is 0 Å². The van der Waals surface area contributed by atoms with Gasteiger partial charge in [-0.25, -0.2) is 4.79 Å². The number of fused-ring (bicyclic) bond motifs is 1. The van der Waals surface area contributed by atoms with Gasteiger partial charge in [0.2, 0.25) is 0 Å². The average molecular weight is 288 g/mol. The summed E-state index contributed by atoms with van der Waals surface area (Å²) in [5.41, 5.74) is 2.42. The van der Waals surface area contributed by atoms with E-state index in [9.17, 15) is 4.79 Å². The van der Waals surface area contributed by atoms with Crippen molar-refractivity contribution in [2.45, 2.75) is 13.0 Å². The van der Waals surface area contributed by atoms with Crippen molar-refractivity contribution in [3.63, 3.8) is 0 Å². The number of H-pyrrole nitrogens is 1. The second-order valence-electron chi connectivity index (χ2n) is 4.41. The Morgan fingerprint density at radius 2 is 2.21 bits per heavy atom. The number of halogens is 1. The molecular formula is C12H18ClN3O3. The number of para-hydroxylation sites is 1. The molecule has 106 valence electrons. The standard InChI is InChI=1S/C12H15N3O2.ClH.H2O/c1-8-7-13-5-6-15(8)10-4-2-3-9-11(10)17-12(16)14-9;;/h2-4,8,13H,5-7H2,1H3,(H,14,16);1H;1H2. The molecular weight excluding hydrogens is 270 g/mol. The molecule has 4 N–H and O–H groups in total. The Hall–Kier alpha value is -1.50. The first-order chi connectivity index (χ1) is 8.25. The molecule has 2 aromatic rings. The van der Waals surface area contributed by atoms with E-state index >= 15 is 0 Å². The number of aromatic amines is 1. The van der Waals surface area contributed by atoms with E-state index in [4.69, 9.17) is 4.42 Å². The quantitative estimate of drug-likeness (QED) is 0.799. The molecule has 1 fully saturated rings. The molecule has 0 radical (unpaired) electrons. The summed E-state index contributed by atoms with van der Waals surface area (Å²) in [6, 6.07) is 6.20. The maximum absolute atomic E-state index is 11.3. The van der Waals surface area contributed by atoms with Crippen LogP contribution in [-0.2, 0) is 0 Å². The minimum Gasteiger partial charge on any atom is -0.412 e. The number of anilines is 1. The summed E-state index contributed by atoms with van der Waals surface area (Å²) in [4.78, 5) is 16.2. The summed E-state index contributed by atoms with van der Waals surface area (Å²) in [5.74, 6) is -0.393. The van der Waals surface area contributed by atoms with Crippen LogP contribution in [0.5, 0.6) is 0 Å². The topological polar surface area (TPSA) is 92.8 Å². The molecule has 1 aromatic carbocycles. The number of nitrogens with zero attached hydrogens (tertiary/aromatic N) is 1. The van der Waals surface area contributed by atoms with Crippen LogP contribution in [0.25, 0.3) is 11.1 Å². The third kappa shape index (κ3) is 2.75.